The lowest BCUT2D eigenvalue weighted by Crippen LogP contribution is -2.28. The van der Waals surface area contributed by atoms with Gasteiger partial charge < -0.3 is 14.6 Å². The van der Waals surface area contributed by atoms with E-state index in [9.17, 15) is 24.8 Å². The highest BCUT2D eigenvalue weighted by molar-refractivity contribution is 8.18. The highest BCUT2D eigenvalue weighted by atomic mass is 35.5. The molecule has 13 heteroatoms. The number of non-ortho nitro benzene ring substituents is 1. The molecule has 4 aromatic carbocycles. The zero-order valence-electron chi connectivity index (χ0n) is 23.5. The van der Waals surface area contributed by atoms with Crippen molar-refractivity contribution in [2.45, 2.75) is 13.2 Å². The summed E-state index contributed by atoms with van der Waals surface area (Å²) in [5.74, 6) is -0.446. The number of carbonyl (C=O) groups is 2. The van der Waals surface area contributed by atoms with Crippen molar-refractivity contribution in [1.82, 2.24) is 4.90 Å². The van der Waals surface area contributed by atoms with E-state index < -0.39 is 10.9 Å². The third-order valence-electron chi connectivity index (χ3n) is 6.58. The number of aliphatic imine (C=N–C) groups is 1. The summed E-state index contributed by atoms with van der Waals surface area (Å²) in [5, 5.41) is 21.0. The maximum atomic E-state index is 13.7. The number of carbonyl (C=O) groups excluding carboxylic acids is 1. The first kappa shape index (κ1) is 31.6. The van der Waals surface area contributed by atoms with Crippen molar-refractivity contribution < 1.29 is 29.1 Å². The number of hydrogen-bond donors (Lipinski definition) is 1. The minimum atomic E-state index is -1.04. The van der Waals surface area contributed by atoms with E-state index in [2.05, 4.69) is 0 Å². The second-order valence-corrected chi connectivity index (χ2v) is 11.4. The van der Waals surface area contributed by atoms with E-state index in [0.717, 1.165) is 5.56 Å². The van der Waals surface area contributed by atoms with Gasteiger partial charge in [0.1, 0.15) is 12.4 Å². The molecule has 0 aliphatic carbocycles. The van der Waals surface area contributed by atoms with Crippen LogP contribution in [-0.4, -0.2) is 39.1 Å². The first-order chi connectivity index (χ1) is 21.6. The molecule has 0 spiro atoms. The monoisotopic (exact) mass is 663 g/mol. The molecule has 0 aromatic heterocycles. The Morgan fingerprint density at radius 2 is 1.62 bits per heavy atom. The van der Waals surface area contributed by atoms with Crippen molar-refractivity contribution in [3.05, 3.63) is 132 Å². The van der Waals surface area contributed by atoms with Crippen molar-refractivity contribution in [2.24, 2.45) is 4.99 Å². The quantitative estimate of drug-likeness (QED) is 0.103. The molecule has 45 heavy (non-hydrogen) atoms. The van der Waals surface area contributed by atoms with E-state index in [1.807, 2.05) is 0 Å². The van der Waals surface area contributed by atoms with Gasteiger partial charge in [-0.15, -0.1) is 0 Å². The van der Waals surface area contributed by atoms with Gasteiger partial charge in [-0.3, -0.25) is 19.8 Å². The first-order valence-corrected chi connectivity index (χ1v) is 14.8. The number of halogens is 2. The largest absolute Gasteiger partial charge is 0.497 e. The Bertz CT molecular complexity index is 1800. The SMILES string of the molecule is COc1ccc(N=C2S/C(=C\c3cc(Cl)c(OCc4ccc([N+](=O)[O-])cc4)c(Cl)c3)C(=O)N2Cc2ccc(C(=O)O)cc2)cc1. The van der Waals surface area contributed by atoms with Crippen LogP contribution in [0.3, 0.4) is 0 Å². The van der Waals surface area contributed by atoms with Crippen LogP contribution < -0.4 is 9.47 Å². The van der Waals surface area contributed by atoms with E-state index in [1.54, 1.807) is 73.8 Å². The fourth-order valence-electron chi connectivity index (χ4n) is 4.25. The predicted octanol–water partition coefficient (Wildman–Crippen LogP) is 7.99. The van der Waals surface area contributed by atoms with Crippen LogP contribution in [0.5, 0.6) is 11.5 Å². The molecule has 1 aliphatic rings. The number of nitro groups is 1. The molecule has 4 aromatic rings. The van der Waals surface area contributed by atoms with E-state index in [1.165, 1.54) is 40.9 Å². The van der Waals surface area contributed by atoms with Crippen LogP contribution in [0, 0.1) is 10.1 Å². The minimum absolute atomic E-state index is 0.0293. The van der Waals surface area contributed by atoms with Crippen LogP contribution in [0.2, 0.25) is 10.0 Å². The Hall–Kier alpha value is -4.84. The number of nitrogens with zero attached hydrogens (tertiary/aromatic N) is 3. The second kappa shape index (κ2) is 13.9. The number of hydrogen-bond acceptors (Lipinski definition) is 8. The van der Waals surface area contributed by atoms with Gasteiger partial charge in [0, 0.05) is 12.1 Å². The Balaban J connectivity index is 1.40. The average molecular weight is 665 g/mol. The molecule has 0 radical (unpaired) electrons. The molecule has 0 bridgehead atoms. The number of methoxy groups -OCH3 is 1. The number of carboxylic acid groups (broad SMARTS) is 1. The lowest BCUT2D eigenvalue weighted by Gasteiger charge is -2.16. The Kier molecular flexibility index (Phi) is 9.72. The zero-order valence-corrected chi connectivity index (χ0v) is 25.8. The van der Waals surface area contributed by atoms with Gasteiger partial charge in [0.05, 0.1) is 44.8 Å². The van der Waals surface area contributed by atoms with Gasteiger partial charge >= 0.3 is 5.97 Å². The fraction of sp³-hybridized carbons (Fsp3) is 0.0938. The van der Waals surface area contributed by atoms with Crippen LogP contribution in [0.15, 0.2) is 94.8 Å². The predicted molar refractivity (Wildman–Crippen MR) is 173 cm³/mol. The summed E-state index contributed by atoms with van der Waals surface area (Å²) in [5.41, 5.74) is 2.69. The standard InChI is InChI=1S/C32H23Cl2N3O7S/c1-43-25-12-8-23(9-13-25)35-32-36(17-19-2-6-22(7-3-19)31(39)40)30(38)28(45-32)16-21-14-26(33)29(27(34)15-21)44-18-20-4-10-24(11-5-20)37(41)42/h2-16H,17-18H2,1H3,(H,39,40)/b28-16-,35-32?. The van der Waals surface area contributed by atoms with Crippen molar-refractivity contribution in [2.75, 3.05) is 7.11 Å². The highest BCUT2D eigenvalue weighted by Crippen LogP contribution is 2.39. The van der Waals surface area contributed by atoms with Crippen molar-refractivity contribution in [3.63, 3.8) is 0 Å². The number of rotatable bonds is 10. The number of amidine groups is 1. The van der Waals surface area contributed by atoms with E-state index in [0.29, 0.717) is 32.6 Å². The number of amides is 1. The lowest BCUT2D eigenvalue weighted by atomic mass is 10.1. The number of aromatic carboxylic acids is 1. The van der Waals surface area contributed by atoms with E-state index in [4.69, 9.17) is 37.7 Å². The van der Waals surface area contributed by atoms with Gasteiger partial charge in [0.2, 0.25) is 0 Å². The molecule has 0 atom stereocenters. The van der Waals surface area contributed by atoms with Crippen molar-refractivity contribution >= 4 is 69.5 Å². The molecule has 1 aliphatic heterocycles. The Morgan fingerprint density at radius 3 is 2.20 bits per heavy atom. The van der Waals surface area contributed by atoms with E-state index in [-0.39, 0.29) is 46.1 Å². The minimum Gasteiger partial charge on any atom is -0.497 e. The summed E-state index contributed by atoms with van der Waals surface area (Å²) in [4.78, 5) is 41.9. The third-order valence-corrected chi connectivity index (χ3v) is 8.14. The molecular weight excluding hydrogens is 641 g/mol. The zero-order chi connectivity index (χ0) is 32.1. The van der Waals surface area contributed by atoms with Crippen LogP contribution in [0.25, 0.3) is 6.08 Å². The maximum Gasteiger partial charge on any atom is 0.335 e. The number of ether oxygens (including phenoxy) is 2. The molecule has 10 nitrogen and oxygen atoms in total. The van der Waals surface area contributed by atoms with Gasteiger partial charge in [-0.25, -0.2) is 9.79 Å². The van der Waals surface area contributed by atoms with Gasteiger partial charge in [-0.1, -0.05) is 35.3 Å². The molecule has 228 valence electrons. The van der Waals surface area contributed by atoms with Gasteiger partial charge in [0.25, 0.3) is 11.6 Å². The number of carboxylic acids is 1. The fourth-order valence-corrected chi connectivity index (χ4v) is 5.87. The number of nitro benzene ring substituents is 1. The lowest BCUT2D eigenvalue weighted by molar-refractivity contribution is -0.384. The summed E-state index contributed by atoms with van der Waals surface area (Å²) < 4.78 is 11.0. The van der Waals surface area contributed by atoms with E-state index >= 15 is 0 Å². The van der Waals surface area contributed by atoms with Crippen LogP contribution in [-0.2, 0) is 17.9 Å². The molecular formula is C32H23Cl2N3O7S. The second-order valence-electron chi connectivity index (χ2n) is 9.62. The van der Waals surface area contributed by atoms with Crippen LogP contribution in [0.1, 0.15) is 27.0 Å². The van der Waals surface area contributed by atoms with Crippen LogP contribution >= 0.6 is 35.0 Å². The van der Waals surface area contributed by atoms with Gasteiger partial charge in [-0.05, 0) is 95.2 Å². The van der Waals surface area contributed by atoms with Crippen LogP contribution in [0.4, 0.5) is 11.4 Å². The normalized spacial score (nSPS) is 14.6. The average Bonchev–Trinajstić information content (AvgIpc) is 3.30. The van der Waals surface area contributed by atoms with Gasteiger partial charge in [-0.2, -0.15) is 0 Å². The Morgan fingerprint density at radius 1 is 1.00 bits per heavy atom. The molecule has 0 saturated carbocycles. The summed E-state index contributed by atoms with van der Waals surface area (Å²) in [6.07, 6.45) is 1.65. The number of benzene rings is 4. The molecule has 5 rings (SSSR count). The number of thioether (sulfide) groups is 1. The summed E-state index contributed by atoms with van der Waals surface area (Å²) in [6.45, 7) is 0.245. The molecule has 1 amide bonds. The molecule has 1 saturated heterocycles. The summed E-state index contributed by atoms with van der Waals surface area (Å²) >= 11 is 14.2. The molecule has 0 unspecified atom stereocenters. The molecule has 1 fully saturated rings. The highest BCUT2D eigenvalue weighted by Gasteiger charge is 2.33. The smallest absolute Gasteiger partial charge is 0.335 e. The summed E-state index contributed by atoms with van der Waals surface area (Å²) in [6, 6.07) is 22.5. The van der Waals surface area contributed by atoms with Crippen molar-refractivity contribution in [3.8, 4) is 11.5 Å². The maximum absolute atomic E-state index is 13.7. The van der Waals surface area contributed by atoms with Crippen molar-refractivity contribution in [1.29, 1.82) is 0 Å². The molecule has 1 N–H and O–H groups in total. The first-order valence-electron chi connectivity index (χ1n) is 13.2. The van der Waals surface area contributed by atoms with Gasteiger partial charge in [0.15, 0.2) is 10.9 Å². The topological polar surface area (TPSA) is 132 Å². The molecule has 1 heterocycles. The summed E-state index contributed by atoms with van der Waals surface area (Å²) in [7, 11) is 1.57. The Labute approximate surface area is 271 Å². The third kappa shape index (κ3) is 7.63.